The molecule has 23 heavy (non-hydrogen) atoms. The molecule has 0 bridgehead atoms. The van der Waals surface area contributed by atoms with Crippen molar-refractivity contribution in [2.45, 2.75) is 12.1 Å². The number of hydrogen-bond donors (Lipinski definition) is 2. The maximum absolute atomic E-state index is 12.3. The van der Waals surface area contributed by atoms with Gasteiger partial charge in [-0.1, -0.05) is 36.4 Å². The molecule has 1 aromatic carbocycles. The van der Waals surface area contributed by atoms with Crippen LogP contribution in [0.25, 0.3) is 0 Å². The third-order valence-electron chi connectivity index (χ3n) is 4.29. The fourth-order valence-electron chi connectivity index (χ4n) is 2.93. The van der Waals surface area contributed by atoms with Crippen LogP contribution < -0.4 is 5.73 Å². The van der Waals surface area contributed by atoms with Crippen molar-refractivity contribution in [3.05, 3.63) is 58.3 Å². The highest BCUT2D eigenvalue weighted by molar-refractivity contribution is 7.10. The molecule has 0 aliphatic carbocycles. The maximum Gasteiger partial charge on any atom is 0.410 e. The zero-order chi connectivity index (χ0) is 16.3. The molecule has 5 nitrogen and oxygen atoms in total. The number of amides is 1. The van der Waals surface area contributed by atoms with Crippen LogP contribution in [-0.2, 0) is 16.9 Å². The Hall–Kier alpha value is -1.89. The van der Waals surface area contributed by atoms with Gasteiger partial charge in [0.2, 0.25) is 0 Å². The summed E-state index contributed by atoms with van der Waals surface area (Å²) < 4.78 is 5.37. The Balaban J connectivity index is 1.66. The number of likely N-dealkylation sites (tertiary alicyclic amines) is 1. The monoisotopic (exact) mass is 332 g/mol. The summed E-state index contributed by atoms with van der Waals surface area (Å²) in [5.74, 6) is -0.189. The Morgan fingerprint density at radius 3 is 2.78 bits per heavy atom. The standard InChI is InChI=1S/C17H20N2O3S/c18-17(15-7-4-8-23-15)12-19(9-14(17)10-20)16(21)22-11-13-5-2-1-3-6-13/h1-8,14,20H,9-12,18H2/t14-,17+/m0/s1. The summed E-state index contributed by atoms with van der Waals surface area (Å²) in [6, 6.07) is 13.4. The number of rotatable bonds is 4. The van der Waals surface area contributed by atoms with E-state index in [0.717, 1.165) is 10.4 Å². The Bertz CT molecular complexity index is 647. The van der Waals surface area contributed by atoms with Gasteiger partial charge in [0.05, 0.1) is 5.54 Å². The molecule has 1 aromatic heterocycles. The number of benzene rings is 1. The summed E-state index contributed by atoms with van der Waals surface area (Å²) >= 11 is 1.55. The highest BCUT2D eigenvalue weighted by Gasteiger charge is 2.47. The van der Waals surface area contributed by atoms with Crippen LogP contribution in [0.2, 0.25) is 0 Å². The SMILES string of the molecule is N[C@]1(c2cccs2)CN(C(=O)OCc2ccccc2)C[C@H]1CO. The van der Waals surface area contributed by atoms with Gasteiger partial charge in [0.25, 0.3) is 0 Å². The van der Waals surface area contributed by atoms with Crippen molar-refractivity contribution in [2.24, 2.45) is 11.7 Å². The van der Waals surface area contributed by atoms with E-state index in [1.807, 2.05) is 47.8 Å². The fourth-order valence-corrected chi connectivity index (χ4v) is 3.84. The van der Waals surface area contributed by atoms with Gasteiger partial charge in [-0.25, -0.2) is 4.79 Å². The zero-order valence-electron chi connectivity index (χ0n) is 12.7. The van der Waals surface area contributed by atoms with Crippen molar-refractivity contribution < 1.29 is 14.6 Å². The van der Waals surface area contributed by atoms with Gasteiger partial charge >= 0.3 is 6.09 Å². The Morgan fingerprint density at radius 2 is 2.13 bits per heavy atom. The van der Waals surface area contributed by atoms with Crippen molar-refractivity contribution in [1.29, 1.82) is 0 Å². The second-order valence-electron chi connectivity index (χ2n) is 5.82. The Morgan fingerprint density at radius 1 is 1.35 bits per heavy atom. The highest BCUT2D eigenvalue weighted by Crippen LogP contribution is 2.37. The lowest BCUT2D eigenvalue weighted by Crippen LogP contribution is -2.45. The molecule has 1 saturated heterocycles. The number of carbonyl (C=O) groups excluding carboxylic acids is 1. The van der Waals surface area contributed by atoms with Crippen LogP contribution in [0.3, 0.4) is 0 Å². The topological polar surface area (TPSA) is 75.8 Å². The molecular formula is C17H20N2O3S. The molecule has 3 rings (SSSR count). The third kappa shape index (κ3) is 3.24. The lowest BCUT2D eigenvalue weighted by Gasteiger charge is -2.27. The van der Waals surface area contributed by atoms with Crippen molar-refractivity contribution >= 4 is 17.4 Å². The first-order chi connectivity index (χ1) is 11.1. The summed E-state index contributed by atoms with van der Waals surface area (Å²) in [6.07, 6.45) is -0.392. The molecule has 0 unspecified atom stereocenters. The predicted octanol–water partition coefficient (Wildman–Crippen LogP) is 2.16. The lowest BCUT2D eigenvalue weighted by molar-refractivity contribution is 0.101. The molecule has 0 saturated carbocycles. The van der Waals surface area contributed by atoms with E-state index in [2.05, 4.69) is 0 Å². The molecule has 1 aliphatic rings. The second kappa shape index (κ2) is 6.70. The lowest BCUT2D eigenvalue weighted by atomic mass is 9.87. The molecule has 122 valence electrons. The maximum atomic E-state index is 12.3. The number of ether oxygens (including phenoxy) is 1. The van der Waals surface area contributed by atoms with Crippen LogP contribution in [0, 0.1) is 5.92 Å². The van der Waals surface area contributed by atoms with Crippen LogP contribution in [-0.4, -0.2) is 35.8 Å². The number of hydrogen-bond acceptors (Lipinski definition) is 5. The van der Waals surface area contributed by atoms with E-state index in [0.29, 0.717) is 13.1 Å². The molecule has 1 aliphatic heterocycles. The molecule has 6 heteroatoms. The van der Waals surface area contributed by atoms with Gasteiger partial charge in [-0.15, -0.1) is 11.3 Å². The minimum Gasteiger partial charge on any atom is -0.445 e. The van der Waals surface area contributed by atoms with Crippen LogP contribution >= 0.6 is 11.3 Å². The van der Waals surface area contributed by atoms with Crippen LogP contribution in [0.5, 0.6) is 0 Å². The number of carbonyl (C=O) groups is 1. The van der Waals surface area contributed by atoms with Gasteiger partial charge < -0.3 is 20.5 Å². The van der Waals surface area contributed by atoms with Gasteiger partial charge in [0.15, 0.2) is 0 Å². The summed E-state index contributed by atoms with van der Waals surface area (Å²) in [6.45, 7) is 0.929. The number of nitrogens with zero attached hydrogens (tertiary/aromatic N) is 1. The Kier molecular flexibility index (Phi) is 4.66. The van der Waals surface area contributed by atoms with E-state index < -0.39 is 11.6 Å². The molecule has 0 radical (unpaired) electrons. The quantitative estimate of drug-likeness (QED) is 0.900. The summed E-state index contributed by atoms with van der Waals surface area (Å²) in [7, 11) is 0. The van der Waals surface area contributed by atoms with Crippen LogP contribution in [0.4, 0.5) is 4.79 Å². The number of aliphatic hydroxyl groups excluding tert-OH is 1. The number of aliphatic hydroxyl groups is 1. The van der Waals surface area contributed by atoms with E-state index in [9.17, 15) is 9.90 Å². The molecule has 2 atom stereocenters. The first-order valence-electron chi connectivity index (χ1n) is 7.53. The average molecular weight is 332 g/mol. The van der Waals surface area contributed by atoms with Crippen molar-refractivity contribution in [3.8, 4) is 0 Å². The minimum atomic E-state index is -0.714. The smallest absolute Gasteiger partial charge is 0.410 e. The second-order valence-corrected chi connectivity index (χ2v) is 6.77. The Labute approximate surface area is 139 Å². The van der Waals surface area contributed by atoms with Crippen LogP contribution in [0.1, 0.15) is 10.4 Å². The molecule has 2 aromatic rings. The average Bonchev–Trinajstić information content (AvgIpc) is 3.22. The van der Waals surface area contributed by atoms with E-state index in [1.54, 1.807) is 16.2 Å². The van der Waals surface area contributed by atoms with Crippen molar-refractivity contribution in [3.63, 3.8) is 0 Å². The minimum absolute atomic E-state index is 0.0587. The fraction of sp³-hybridized carbons (Fsp3) is 0.353. The molecule has 2 heterocycles. The van der Waals surface area contributed by atoms with Gasteiger partial charge in [-0.05, 0) is 17.0 Å². The van der Waals surface area contributed by atoms with E-state index in [1.165, 1.54) is 0 Å². The van der Waals surface area contributed by atoms with Gasteiger partial charge in [-0.2, -0.15) is 0 Å². The molecule has 1 fully saturated rings. The van der Waals surface area contributed by atoms with Gasteiger partial charge in [0, 0.05) is 30.5 Å². The van der Waals surface area contributed by atoms with E-state index >= 15 is 0 Å². The van der Waals surface area contributed by atoms with Crippen molar-refractivity contribution in [1.82, 2.24) is 4.90 Å². The number of nitrogens with two attached hydrogens (primary N) is 1. The van der Waals surface area contributed by atoms with Crippen molar-refractivity contribution in [2.75, 3.05) is 19.7 Å². The first-order valence-corrected chi connectivity index (χ1v) is 8.41. The molecule has 3 N–H and O–H groups in total. The zero-order valence-corrected chi connectivity index (χ0v) is 13.5. The highest BCUT2D eigenvalue weighted by atomic mass is 32.1. The summed E-state index contributed by atoms with van der Waals surface area (Å²) in [5.41, 5.74) is 6.74. The largest absolute Gasteiger partial charge is 0.445 e. The number of thiophene rings is 1. The molecule has 0 spiro atoms. The predicted molar refractivity (Wildman–Crippen MR) is 89.0 cm³/mol. The molecule has 1 amide bonds. The van der Waals surface area contributed by atoms with Gasteiger partial charge in [-0.3, -0.25) is 0 Å². The summed E-state index contributed by atoms with van der Waals surface area (Å²) in [4.78, 5) is 14.9. The van der Waals surface area contributed by atoms with E-state index in [-0.39, 0.29) is 19.1 Å². The normalized spacial score (nSPS) is 23.9. The summed E-state index contributed by atoms with van der Waals surface area (Å²) in [5, 5.41) is 11.6. The van der Waals surface area contributed by atoms with Gasteiger partial charge in [0.1, 0.15) is 6.61 Å². The van der Waals surface area contributed by atoms with Crippen LogP contribution in [0.15, 0.2) is 47.8 Å². The first kappa shape index (κ1) is 16.0. The molecular weight excluding hydrogens is 312 g/mol. The van der Waals surface area contributed by atoms with E-state index in [4.69, 9.17) is 10.5 Å². The third-order valence-corrected chi connectivity index (χ3v) is 5.35.